The van der Waals surface area contributed by atoms with Crippen LogP contribution in [-0.2, 0) is 11.2 Å². The average molecular weight is 288 g/mol. The SMILES string of the molecule is CCC(CCO)CNC(=O)CCc1c[nH]c2ccccc12. The first-order chi connectivity index (χ1) is 10.2. The van der Waals surface area contributed by atoms with Gasteiger partial charge in [0.05, 0.1) is 0 Å². The van der Waals surface area contributed by atoms with Gasteiger partial charge in [0.25, 0.3) is 0 Å². The number of hydrogen-bond donors (Lipinski definition) is 3. The molecule has 0 spiro atoms. The zero-order chi connectivity index (χ0) is 15.1. The Morgan fingerprint density at radius 1 is 1.38 bits per heavy atom. The normalized spacial score (nSPS) is 12.5. The minimum atomic E-state index is 0.0803. The van der Waals surface area contributed by atoms with E-state index in [0.29, 0.717) is 18.9 Å². The Balaban J connectivity index is 1.81. The Labute approximate surface area is 125 Å². The molecule has 1 unspecified atom stereocenters. The van der Waals surface area contributed by atoms with Crippen LogP contribution in [0.5, 0.6) is 0 Å². The van der Waals surface area contributed by atoms with E-state index < -0.39 is 0 Å². The smallest absolute Gasteiger partial charge is 0.220 e. The van der Waals surface area contributed by atoms with E-state index >= 15 is 0 Å². The number of rotatable bonds is 8. The number of carbonyl (C=O) groups excluding carboxylic acids is 1. The van der Waals surface area contributed by atoms with Crippen LogP contribution >= 0.6 is 0 Å². The summed E-state index contributed by atoms with van der Waals surface area (Å²) in [6.07, 6.45) is 4.95. The van der Waals surface area contributed by atoms with Crippen LogP contribution in [0.25, 0.3) is 10.9 Å². The molecule has 114 valence electrons. The van der Waals surface area contributed by atoms with Crippen molar-refractivity contribution in [1.82, 2.24) is 10.3 Å². The second-order valence-electron chi connectivity index (χ2n) is 5.45. The lowest BCUT2D eigenvalue weighted by Crippen LogP contribution is -2.29. The second kappa shape index (κ2) is 7.84. The highest BCUT2D eigenvalue weighted by Gasteiger charge is 2.09. The molecule has 1 aromatic heterocycles. The van der Waals surface area contributed by atoms with Crippen LogP contribution in [0.4, 0.5) is 0 Å². The predicted octanol–water partition coefficient (Wildman–Crippen LogP) is 2.63. The van der Waals surface area contributed by atoms with Crippen LogP contribution in [0.1, 0.15) is 31.7 Å². The van der Waals surface area contributed by atoms with Crippen LogP contribution in [0.15, 0.2) is 30.5 Å². The molecule has 1 aromatic carbocycles. The number of H-pyrrole nitrogens is 1. The second-order valence-corrected chi connectivity index (χ2v) is 5.45. The fourth-order valence-corrected chi connectivity index (χ4v) is 2.57. The lowest BCUT2D eigenvalue weighted by Gasteiger charge is -2.14. The molecule has 1 amide bonds. The van der Waals surface area contributed by atoms with E-state index in [2.05, 4.69) is 23.3 Å². The first kappa shape index (κ1) is 15.6. The molecule has 0 fully saturated rings. The Bertz CT molecular complexity index is 577. The summed E-state index contributed by atoms with van der Waals surface area (Å²) in [5.41, 5.74) is 2.30. The molecule has 0 saturated heterocycles. The Morgan fingerprint density at radius 3 is 2.95 bits per heavy atom. The number of benzene rings is 1. The molecule has 1 atom stereocenters. The van der Waals surface area contributed by atoms with Crippen molar-refractivity contribution in [2.75, 3.05) is 13.2 Å². The van der Waals surface area contributed by atoms with Gasteiger partial charge in [-0.25, -0.2) is 0 Å². The fourth-order valence-electron chi connectivity index (χ4n) is 2.57. The molecular weight excluding hydrogens is 264 g/mol. The molecule has 0 aliphatic rings. The van der Waals surface area contributed by atoms with E-state index in [0.717, 1.165) is 24.8 Å². The Hall–Kier alpha value is -1.81. The minimum absolute atomic E-state index is 0.0803. The lowest BCUT2D eigenvalue weighted by atomic mass is 10.0. The van der Waals surface area contributed by atoms with Gasteiger partial charge in [0.2, 0.25) is 5.91 Å². The number of carbonyl (C=O) groups is 1. The van der Waals surface area contributed by atoms with Gasteiger partial charge in [0, 0.05) is 36.7 Å². The van der Waals surface area contributed by atoms with Gasteiger partial charge in [-0.05, 0) is 30.4 Å². The zero-order valence-electron chi connectivity index (χ0n) is 12.6. The Kier molecular flexibility index (Phi) is 5.81. The number of aromatic nitrogens is 1. The third-order valence-electron chi connectivity index (χ3n) is 4.00. The van der Waals surface area contributed by atoms with Gasteiger partial charge in [-0.15, -0.1) is 0 Å². The van der Waals surface area contributed by atoms with Gasteiger partial charge in [-0.3, -0.25) is 4.79 Å². The number of aryl methyl sites for hydroxylation is 1. The van der Waals surface area contributed by atoms with E-state index in [1.807, 2.05) is 24.4 Å². The largest absolute Gasteiger partial charge is 0.396 e. The number of fused-ring (bicyclic) bond motifs is 1. The molecule has 21 heavy (non-hydrogen) atoms. The molecular formula is C17H24N2O2. The van der Waals surface area contributed by atoms with Crippen molar-refractivity contribution in [2.24, 2.45) is 5.92 Å². The first-order valence-electron chi connectivity index (χ1n) is 7.67. The maximum Gasteiger partial charge on any atom is 0.220 e. The van der Waals surface area contributed by atoms with Crippen molar-refractivity contribution in [2.45, 2.75) is 32.6 Å². The standard InChI is InChI=1S/C17H24N2O2/c1-2-13(9-10-20)11-19-17(21)8-7-14-12-18-16-6-4-3-5-15(14)16/h3-6,12-13,18,20H,2,7-11H2,1H3,(H,19,21). The third kappa shape index (κ3) is 4.33. The molecule has 0 aliphatic heterocycles. The number of para-hydroxylation sites is 1. The van der Waals surface area contributed by atoms with Crippen molar-refractivity contribution in [3.05, 3.63) is 36.0 Å². The van der Waals surface area contributed by atoms with E-state index in [1.165, 1.54) is 10.9 Å². The number of aromatic amines is 1. The van der Waals surface area contributed by atoms with Crippen LogP contribution < -0.4 is 5.32 Å². The predicted molar refractivity (Wildman–Crippen MR) is 85.1 cm³/mol. The summed E-state index contributed by atoms with van der Waals surface area (Å²) < 4.78 is 0. The molecule has 2 rings (SSSR count). The molecule has 1 heterocycles. The molecule has 0 bridgehead atoms. The number of nitrogens with one attached hydrogen (secondary N) is 2. The van der Waals surface area contributed by atoms with Gasteiger partial charge < -0.3 is 15.4 Å². The highest BCUT2D eigenvalue weighted by molar-refractivity contribution is 5.84. The minimum Gasteiger partial charge on any atom is -0.396 e. The van der Waals surface area contributed by atoms with E-state index in [1.54, 1.807) is 0 Å². The summed E-state index contributed by atoms with van der Waals surface area (Å²) >= 11 is 0. The monoisotopic (exact) mass is 288 g/mol. The highest BCUT2D eigenvalue weighted by Crippen LogP contribution is 2.18. The first-order valence-corrected chi connectivity index (χ1v) is 7.67. The van der Waals surface area contributed by atoms with Crippen LogP contribution in [0.2, 0.25) is 0 Å². The summed E-state index contributed by atoms with van der Waals surface area (Å²) in [7, 11) is 0. The summed E-state index contributed by atoms with van der Waals surface area (Å²) in [5.74, 6) is 0.448. The quantitative estimate of drug-likeness (QED) is 0.699. The summed E-state index contributed by atoms with van der Waals surface area (Å²) in [6, 6.07) is 8.13. The molecule has 3 N–H and O–H groups in total. The molecule has 0 saturated carbocycles. The van der Waals surface area contributed by atoms with Gasteiger partial charge in [-0.2, -0.15) is 0 Å². The zero-order valence-corrected chi connectivity index (χ0v) is 12.6. The van der Waals surface area contributed by atoms with Crippen molar-refractivity contribution >= 4 is 16.8 Å². The molecule has 4 heteroatoms. The van der Waals surface area contributed by atoms with Crippen LogP contribution in [0.3, 0.4) is 0 Å². The van der Waals surface area contributed by atoms with Crippen LogP contribution in [0, 0.1) is 5.92 Å². The third-order valence-corrected chi connectivity index (χ3v) is 4.00. The van der Waals surface area contributed by atoms with Gasteiger partial charge >= 0.3 is 0 Å². The van der Waals surface area contributed by atoms with Gasteiger partial charge in [0.15, 0.2) is 0 Å². The molecule has 0 aliphatic carbocycles. The van der Waals surface area contributed by atoms with E-state index in [4.69, 9.17) is 5.11 Å². The maximum atomic E-state index is 11.9. The number of aliphatic hydroxyl groups is 1. The number of aliphatic hydroxyl groups excluding tert-OH is 1. The summed E-state index contributed by atoms with van der Waals surface area (Å²) in [5, 5.41) is 13.1. The van der Waals surface area contributed by atoms with Gasteiger partial charge in [0.1, 0.15) is 0 Å². The number of hydrogen-bond acceptors (Lipinski definition) is 2. The lowest BCUT2D eigenvalue weighted by molar-refractivity contribution is -0.121. The Morgan fingerprint density at radius 2 is 2.19 bits per heavy atom. The molecule has 0 radical (unpaired) electrons. The fraction of sp³-hybridized carbons (Fsp3) is 0.471. The summed E-state index contributed by atoms with van der Waals surface area (Å²) in [4.78, 5) is 15.1. The van der Waals surface area contributed by atoms with Crippen molar-refractivity contribution < 1.29 is 9.90 Å². The molecule has 2 aromatic rings. The summed E-state index contributed by atoms with van der Waals surface area (Å²) in [6.45, 7) is 2.92. The number of amides is 1. The topological polar surface area (TPSA) is 65.1 Å². The maximum absolute atomic E-state index is 11.9. The van der Waals surface area contributed by atoms with Crippen molar-refractivity contribution in [3.63, 3.8) is 0 Å². The van der Waals surface area contributed by atoms with E-state index in [-0.39, 0.29) is 12.5 Å². The van der Waals surface area contributed by atoms with Gasteiger partial charge in [-0.1, -0.05) is 31.5 Å². The van der Waals surface area contributed by atoms with Crippen molar-refractivity contribution in [3.8, 4) is 0 Å². The van der Waals surface area contributed by atoms with Crippen LogP contribution in [-0.4, -0.2) is 29.1 Å². The molecule has 4 nitrogen and oxygen atoms in total. The highest BCUT2D eigenvalue weighted by atomic mass is 16.3. The average Bonchev–Trinajstić information content (AvgIpc) is 2.92. The van der Waals surface area contributed by atoms with E-state index in [9.17, 15) is 4.79 Å². The van der Waals surface area contributed by atoms with Crippen molar-refractivity contribution in [1.29, 1.82) is 0 Å².